The van der Waals surface area contributed by atoms with E-state index >= 15 is 0 Å². The van der Waals surface area contributed by atoms with E-state index in [9.17, 15) is 0 Å². The van der Waals surface area contributed by atoms with Crippen molar-refractivity contribution in [3.63, 3.8) is 0 Å². The highest BCUT2D eigenvalue weighted by molar-refractivity contribution is 6.17. The van der Waals surface area contributed by atoms with Gasteiger partial charge in [-0.15, -0.1) is 0 Å². The van der Waals surface area contributed by atoms with Crippen LogP contribution in [0.1, 0.15) is 0 Å². The van der Waals surface area contributed by atoms with E-state index in [1.54, 1.807) is 31.0 Å². The van der Waals surface area contributed by atoms with E-state index in [2.05, 4.69) is 382 Å². The maximum Gasteiger partial charge on any atom is 0.182 e. The summed E-state index contributed by atoms with van der Waals surface area (Å²) in [4.78, 5) is 47.7. The van der Waals surface area contributed by atoms with Gasteiger partial charge < -0.3 is 22.8 Å². The van der Waals surface area contributed by atoms with Gasteiger partial charge in [0.1, 0.15) is 17.1 Å². The van der Waals surface area contributed by atoms with Gasteiger partial charge in [0.15, 0.2) is 34.9 Å². The van der Waals surface area contributed by atoms with Gasteiger partial charge >= 0.3 is 0 Å². The van der Waals surface area contributed by atoms with Crippen LogP contribution in [-0.4, -0.2) is 72.7 Å². The highest BCUT2D eigenvalue weighted by Crippen LogP contribution is 2.45. The average molecular weight is 1680 g/mol. The van der Waals surface area contributed by atoms with Crippen LogP contribution in [0.25, 0.3) is 240 Å². The minimum atomic E-state index is 0.493. The van der Waals surface area contributed by atoms with Crippen molar-refractivity contribution in [2.45, 2.75) is 0 Å². The molecule has 0 amide bonds. The largest absolute Gasteiger partial charge is 0.309 e. The van der Waals surface area contributed by atoms with Gasteiger partial charge in [-0.05, 0) is 240 Å². The molecule has 0 aliphatic heterocycles. The molecule has 0 fully saturated rings. The van der Waals surface area contributed by atoms with Crippen LogP contribution in [0.3, 0.4) is 0 Å². The molecule has 0 saturated carbocycles. The summed E-state index contributed by atoms with van der Waals surface area (Å²) in [5.74, 6) is 3.11. The third-order valence-electron chi connectivity index (χ3n) is 25.1. The third-order valence-corrected chi connectivity index (χ3v) is 25.1. The van der Waals surface area contributed by atoms with E-state index in [1.807, 2.05) is 72.8 Å². The number of fused-ring (bicyclic) bond motifs is 15. The Labute approximate surface area is 750 Å². The van der Waals surface area contributed by atoms with Crippen molar-refractivity contribution in [3.8, 4) is 131 Å². The predicted octanol–water partition coefficient (Wildman–Crippen LogP) is 27.8. The summed E-state index contributed by atoms with van der Waals surface area (Å²) in [6.07, 6.45) is 8.78. The average Bonchev–Trinajstić information content (AvgIpc) is 1.57. The number of aromatic nitrogens is 15. The van der Waals surface area contributed by atoms with Crippen LogP contribution in [0.5, 0.6) is 0 Å². The molecule has 11 aromatic heterocycles. The molecular weight excluding hydrogens is 1600 g/mol. The molecule has 11 heterocycles. The van der Waals surface area contributed by atoms with E-state index in [4.69, 9.17) is 29.9 Å². The number of para-hydroxylation sites is 7. The second kappa shape index (κ2) is 31.5. The van der Waals surface area contributed by atoms with Crippen molar-refractivity contribution in [2.24, 2.45) is 0 Å². The van der Waals surface area contributed by atoms with Crippen molar-refractivity contribution in [3.05, 3.63) is 443 Å². The summed E-state index contributed by atoms with van der Waals surface area (Å²) in [6.45, 7) is 0. The summed E-state index contributed by atoms with van der Waals surface area (Å²) < 4.78 is 11.8. The second-order valence-corrected chi connectivity index (χ2v) is 32.7. The fourth-order valence-electron chi connectivity index (χ4n) is 19.1. The molecule has 0 aliphatic rings. The standard InChI is InChI=1S/C67H42N8.C49H31N7/c1-3-17-49(18-4-1)73-59-25-9-7-22-52(59)54-38-43(27-31-61(54)73)45-29-33-63-56(40-45)57-41-46(44-28-32-62-55(39-44)53-23-8-10-26-60(53)74(62)50-19-5-2-6-20-50)30-34-64(57)75(63)51-21-13-15-47(37-51)65-70-66(48-16-14-35-68-42-48)72-67(71-65)58-24-11-12-36-69-58;1-2-14-35(15-3-1)55-43-21-6-4-17-37(43)39-30-32(23-25-45(39)55)33-24-26-46-40(31-33)38-18-5-7-22-44(38)56(46)36-16-12-13-34(29-36)47-52-48(41-19-8-10-27-50-41)54-49(53-47)42-20-9-11-28-51-42/h1-42H;1-31H. The van der Waals surface area contributed by atoms with Gasteiger partial charge in [0, 0.05) is 130 Å². The first kappa shape index (κ1) is 75.4. The summed E-state index contributed by atoms with van der Waals surface area (Å²) in [6, 6.07) is 146. The van der Waals surface area contributed by atoms with Gasteiger partial charge in [0.25, 0.3) is 0 Å². The van der Waals surface area contributed by atoms with E-state index in [1.165, 1.54) is 87.3 Å². The lowest BCUT2D eigenvalue weighted by atomic mass is 9.98. The maximum absolute atomic E-state index is 5.05. The number of pyridine rings is 4. The molecule has 26 rings (SSSR count). The van der Waals surface area contributed by atoms with E-state index in [0.29, 0.717) is 52.0 Å². The molecule has 15 heteroatoms. The molecule has 612 valence electrons. The van der Waals surface area contributed by atoms with Crippen molar-refractivity contribution in [1.29, 1.82) is 0 Å². The van der Waals surface area contributed by atoms with Crippen LogP contribution in [0, 0.1) is 0 Å². The Morgan fingerprint density at radius 1 is 0.145 bits per heavy atom. The Kier molecular flexibility index (Phi) is 18.2. The molecule has 15 nitrogen and oxygen atoms in total. The molecule has 0 unspecified atom stereocenters. The van der Waals surface area contributed by atoms with E-state index in [0.717, 1.165) is 100 Å². The zero-order chi connectivity index (χ0) is 86.4. The van der Waals surface area contributed by atoms with Gasteiger partial charge in [-0.1, -0.05) is 206 Å². The van der Waals surface area contributed by atoms with Crippen LogP contribution in [0.2, 0.25) is 0 Å². The van der Waals surface area contributed by atoms with Crippen LogP contribution in [0.15, 0.2) is 443 Å². The minimum absolute atomic E-state index is 0.493. The molecule has 0 bridgehead atoms. The highest BCUT2D eigenvalue weighted by Gasteiger charge is 2.24. The van der Waals surface area contributed by atoms with Crippen LogP contribution in [-0.2, 0) is 0 Å². The molecule has 26 aromatic rings. The zero-order valence-corrected chi connectivity index (χ0v) is 70.4. The fourth-order valence-corrected chi connectivity index (χ4v) is 19.1. The normalized spacial score (nSPS) is 11.7. The summed E-state index contributed by atoms with van der Waals surface area (Å²) in [5.41, 5.74) is 28.4. The SMILES string of the molecule is c1ccc(-n2c3ccccc3c3cc(-c4ccc5c(c4)c4cc(-c6ccc7c(c6)c6ccccc6n7-c6ccccc6)ccc4n5-c4cccc(-c5nc(-c6cccnc6)nc(-c6ccccn6)n5)c4)ccc32)cc1.c1ccc(-n2c3ccccc3c3cc(-c4ccc5c(c4)c4ccccc4n5-c4cccc(-c5nc(-c6ccccn6)nc(-c6ccccn6)n5)c4)ccc32)cc1. The number of nitrogens with zero attached hydrogens (tertiary/aromatic N) is 15. The van der Waals surface area contributed by atoms with Gasteiger partial charge in [-0.3, -0.25) is 19.9 Å². The third kappa shape index (κ3) is 13.2. The van der Waals surface area contributed by atoms with Crippen LogP contribution >= 0.6 is 0 Å². The molecule has 0 saturated heterocycles. The van der Waals surface area contributed by atoms with Gasteiger partial charge in [0.05, 0.1) is 55.2 Å². The fraction of sp³-hybridized carbons (Fsp3) is 0. The minimum Gasteiger partial charge on any atom is -0.309 e. The maximum atomic E-state index is 5.05. The lowest BCUT2D eigenvalue weighted by Crippen LogP contribution is -2.02. The van der Waals surface area contributed by atoms with Crippen LogP contribution in [0.4, 0.5) is 0 Å². The summed E-state index contributed by atoms with van der Waals surface area (Å²) >= 11 is 0. The Balaban J connectivity index is 0.000000147. The van der Waals surface area contributed by atoms with Gasteiger partial charge in [0.2, 0.25) is 0 Å². The molecule has 131 heavy (non-hydrogen) atoms. The molecule has 0 spiro atoms. The molecule has 0 radical (unpaired) electrons. The predicted molar refractivity (Wildman–Crippen MR) is 531 cm³/mol. The molecule has 15 aromatic carbocycles. The molecule has 0 aliphatic carbocycles. The topological polar surface area (TPSA) is 154 Å². The Morgan fingerprint density at radius 2 is 0.389 bits per heavy atom. The number of hydrogen-bond donors (Lipinski definition) is 0. The molecular formula is C116H73N15. The summed E-state index contributed by atoms with van der Waals surface area (Å²) in [5, 5.41) is 12.0. The zero-order valence-electron chi connectivity index (χ0n) is 70.4. The Bertz CT molecular complexity index is 8630. The van der Waals surface area contributed by atoms with Gasteiger partial charge in [-0.2, -0.15) is 0 Å². The van der Waals surface area contributed by atoms with Crippen molar-refractivity contribution < 1.29 is 0 Å². The highest BCUT2D eigenvalue weighted by atomic mass is 15.1. The first-order valence-electron chi connectivity index (χ1n) is 43.7. The smallest absolute Gasteiger partial charge is 0.182 e. The summed E-state index contributed by atoms with van der Waals surface area (Å²) in [7, 11) is 0. The van der Waals surface area contributed by atoms with E-state index < -0.39 is 0 Å². The van der Waals surface area contributed by atoms with Gasteiger partial charge in [-0.25, -0.2) is 29.9 Å². The molecule has 0 atom stereocenters. The lowest BCUT2D eigenvalue weighted by molar-refractivity contribution is 1.04. The second-order valence-electron chi connectivity index (χ2n) is 32.7. The number of benzene rings is 15. The first-order chi connectivity index (χ1) is 64.9. The number of hydrogen-bond acceptors (Lipinski definition) is 10. The van der Waals surface area contributed by atoms with Crippen molar-refractivity contribution >= 4 is 109 Å². The van der Waals surface area contributed by atoms with E-state index in [-0.39, 0.29) is 0 Å². The lowest BCUT2D eigenvalue weighted by Gasteiger charge is -2.12. The van der Waals surface area contributed by atoms with Crippen molar-refractivity contribution in [1.82, 2.24) is 72.7 Å². The Hall–Kier alpha value is -18.1. The quantitative estimate of drug-likeness (QED) is 0.103. The molecule has 0 N–H and O–H groups in total. The van der Waals surface area contributed by atoms with Crippen molar-refractivity contribution in [2.75, 3.05) is 0 Å². The monoisotopic (exact) mass is 1680 g/mol. The van der Waals surface area contributed by atoms with Crippen LogP contribution < -0.4 is 0 Å². The Morgan fingerprint density at radius 3 is 0.687 bits per heavy atom. The first-order valence-corrected chi connectivity index (χ1v) is 43.7. The number of rotatable bonds is 14.